The van der Waals surface area contributed by atoms with Crippen LogP contribution in [0.1, 0.15) is 90.8 Å². The van der Waals surface area contributed by atoms with E-state index in [1.54, 1.807) is 36.0 Å². The molecule has 9 nitrogen and oxygen atoms in total. The normalized spacial score (nSPS) is 13.3. The van der Waals surface area contributed by atoms with Crippen molar-refractivity contribution in [1.82, 2.24) is 20.6 Å². The Bertz CT molecular complexity index is 1850. The maximum atomic E-state index is 13.4. The van der Waals surface area contributed by atoms with Crippen molar-refractivity contribution in [3.63, 3.8) is 0 Å². The first-order chi connectivity index (χ1) is 25.0. The smallest absolute Gasteiger partial charge is 0.326 e. The fourth-order valence-electron chi connectivity index (χ4n) is 5.67. The van der Waals surface area contributed by atoms with E-state index in [0.29, 0.717) is 15.6 Å². The summed E-state index contributed by atoms with van der Waals surface area (Å²) in [5.74, 6) is -0.0335. The quantitative estimate of drug-likeness (QED) is 0.0518. The van der Waals surface area contributed by atoms with Crippen LogP contribution in [-0.2, 0) is 16.6 Å². The monoisotopic (exact) mass is 740 g/mol. The van der Waals surface area contributed by atoms with Gasteiger partial charge in [-0.3, -0.25) is 14.9 Å². The molecule has 1 amide bonds. The number of hydrogen-bond acceptors (Lipinski definition) is 9. The number of thiophene rings is 2. The first-order valence-electron chi connectivity index (χ1n) is 17.8. The first kappa shape index (κ1) is 38.8. The minimum atomic E-state index is -1.36. The third-order valence-corrected chi connectivity index (χ3v) is 11.1. The van der Waals surface area contributed by atoms with Gasteiger partial charge in [-0.25, -0.2) is 9.97 Å². The van der Waals surface area contributed by atoms with Gasteiger partial charge in [-0.1, -0.05) is 95.8 Å². The molecule has 0 radical (unpaired) electrons. The maximum absolute atomic E-state index is 13.4. The molecule has 3 heterocycles. The number of carbonyl (C=O) groups excluding carboxylic acids is 1. The highest BCUT2D eigenvalue weighted by Gasteiger charge is 2.30. The number of carboxylic acids is 1. The number of aliphatic hydroxyl groups is 1. The number of amides is 1. The lowest BCUT2D eigenvalue weighted by atomic mass is 9.95. The van der Waals surface area contributed by atoms with Crippen LogP contribution in [0.2, 0.25) is 0 Å². The van der Waals surface area contributed by atoms with E-state index in [1.807, 2.05) is 54.6 Å². The van der Waals surface area contributed by atoms with E-state index in [4.69, 9.17) is 4.74 Å². The van der Waals surface area contributed by atoms with E-state index >= 15 is 0 Å². The molecule has 11 heteroatoms. The number of carbonyl (C=O) groups is 2. The SMILES string of the molecule is CCCCCCCOc1ccc(-c2cnc(-c3ccc(C[C@H](NC(=O)c4ccc(C(C)(C)C)s4)C(O)NC(C(=O)O)c4cccs4)cc3)nc2)cc1. The number of aromatic nitrogens is 2. The topological polar surface area (TPSA) is 134 Å². The van der Waals surface area contributed by atoms with Crippen LogP contribution in [0.3, 0.4) is 0 Å². The van der Waals surface area contributed by atoms with Gasteiger partial charge in [0.25, 0.3) is 5.91 Å². The summed E-state index contributed by atoms with van der Waals surface area (Å²) in [4.78, 5) is 36.9. The highest BCUT2D eigenvalue weighted by atomic mass is 32.1. The number of rotatable bonds is 18. The van der Waals surface area contributed by atoms with Crippen LogP contribution in [0.4, 0.5) is 0 Å². The molecule has 274 valence electrons. The fraction of sp³-hybridized carbons (Fsp3) is 0.366. The van der Waals surface area contributed by atoms with Crippen molar-refractivity contribution < 1.29 is 24.5 Å². The Morgan fingerprint density at radius 2 is 1.56 bits per heavy atom. The first-order valence-corrected chi connectivity index (χ1v) is 19.5. The van der Waals surface area contributed by atoms with E-state index in [9.17, 15) is 19.8 Å². The molecule has 5 rings (SSSR count). The van der Waals surface area contributed by atoms with E-state index < -0.39 is 24.3 Å². The van der Waals surface area contributed by atoms with Crippen molar-refractivity contribution in [3.05, 3.63) is 111 Å². The van der Waals surface area contributed by atoms with Gasteiger partial charge < -0.3 is 20.3 Å². The Hall–Kier alpha value is -4.42. The van der Waals surface area contributed by atoms with E-state index in [0.717, 1.165) is 45.9 Å². The molecule has 3 atom stereocenters. The summed E-state index contributed by atoms with van der Waals surface area (Å²) in [5, 5.41) is 28.9. The van der Waals surface area contributed by atoms with E-state index in [2.05, 4.69) is 48.3 Å². The van der Waals surface area contributed by atoms with Gasteiger partial charge in [0.05, 0.1) is 17.5 Å². The van der Waals surface area contributed by atoms with E-state index in [-0.39, 0.29) is 17.7 Å². The zero-order valence-electron chi connectivity index (χ0n) is 30.2. The third kappa shape index (κ3) is 10.8. The summed E-state index contributed by atoms with van der Waals surface area (Å²) in [5.41, 5.74) is 3.43. The van der Waals surface area contributed by atoms with Crippen LogP contribution < -0.4 is 15.4 Å². The summed E-state index contributed by atoms with van der Waals surface area (Å²) in [7, 11) is 0. The van der Waals surface area contributed by atoms with Crippen molar-refractivity contribution in [3.8, 4) is 28.3 Å². The van der Waals surface area contributed by atoms with Crippen molar-refractivity contribution >= 4 is 34.6 Å². The summed E-state index contributed by atoms with van der Waals surface area (Å²) in [6, 6.07) is 20.8. The molecule has 5 aromatic rings. The number of nitrogens with one attached hydrogen (secondary N) is 2. The average Bonchev–Trinajstić information content (AvgIpc) is 3.86. The van der Waals surface area contributed by atoms with Crippen molar-refractivity contribution in [2.75, 3.05) is 6.61 Å². The summed E-state index contributed by atoms with van der Waals surface area (Å²) in [6.07, 6.45) is 8.50. The third-order valence-electron chi connectivity index (χ3n) is 8.70. The van der Waals surface area contributed by atoms with Crippen LogP contribution in [0.5, 0.6) is 5.75 Å². The highest BCUT2D eigenvalue weighted by molar-refractivity contribution is 7.14. The van der Waals surface area contributed by atoms with Gasteiger partial charge >= 0.3 is 5.97 Å². The number of benzene rings is 2. The Kier molecular flexibility index (Phi) is 13.7. The predicted octanol–water partition coefficient (Wildman–Crippen LogP) is 8.66. The van der Waals surface area contributed by atoms with Crippen molar-refractivity contribution in [2.45, 2.75) is 89.9 Å². The van der Waals surface area contributed by atoms with Gasteiger partial charge in [0.2, 0.25) is 0 Å². The van der Waals surface area contributed by atoms with Gasteiger partial charge in [0.1, 0.15) is 18.0 Å². The molecule has 0 aliphatic rings. The lowest BCUT2D eigenvalue weighted by Gasteiger charge is -2.27. The molecular formula is C41H48N4O5S2. The molecule has 4 N–H and O–H groups in total. The second-order valence-corrected chi connectivity index (χ2v) is 15.9. The highest BCUT2D eigenvalue weighted by Crippen LogP contribution is 2.30. The molecule has 52 heavy (non-hydrogen) atoms. The average molecular weight is 741 g/mol. The Morgan fingerprint density at radius 3 is 2.17 bits per heavy atom. The number of aliphatic carboxylic acids is 1. The lowest BCUT2D eigenvalue weighted by molar-refractivity contribution is -0.140. The summed E-state index contributed by atoms with van der Waals surface area (Å²) >= 11 is 2.68. The molecule has 2 aromatic carbocycles. The second kappa shape index (κ2) is 18.4. The molecular weight excluding hydrogens is 693 g/mol. The molecule has 0 saturated heterocycles. The second-order valence-electron chi connectivity index (χ2n) is 13.9. The molecule has 3 aromatic heterocycles. The Labute approximate surface area is 314 Å². The maximum Gasteiger partial charge on any atom is 0.326 e. The van der Waals surface area contributed by atoms with Gasteiger partial charge in [0, 0.05) is 33.3 Å². The summed E-state index contributed by atoms with van der Waals surface area (Å²) < 4.78 is 5.90. The Morgan fingerprint density at radius 1 is 0.865 bits per heavy atom. The minimum absolute atomic E-state index is 0.113. The van der Waals surface area contributed by atoms with Crippen molar-refractivity contribution in [2.24, 2.45) is 0 Å². The van der Waals surface area contributed by atoms with Crippen LogP contribution in [0.15, 0.2) is 90.6 Å². The number of carboxylic acid groups (broad SMARTS) is 1. The van der Waals surface area contributed by atoms with Gasteiger partial charge in [0.15, 0.2) is 5.82 Å². The van der Waals surface area contributed by atoms with Crippen LogP contribution in [-0.4, -0.2) is 50.9 Å². The molecule has 0 aliphatic carbocycles. The molecule has 0 fully saturated rings. The number of hydrogen-bond donors (Lipinski definition) is 4. The van der Waals surface area contributed by atoms with Crippen LogP contribution >= 0.6 is 22.7 Å². The number of nitrogens with zero attached hydrogens (tertiary/aromatic N) is 2. The van der Waals surface area contributed by atoms with Crippen LogP contribution in [0.25, 0.3) is 22.5 Å². The number of aliphatic hydroxyl groups excluding tert-OH is 1. The van der Waals surface area contributed by atoms with Crippen LogP contribution in [0, 0.1) is 0 Å². The fourth-order valence-corrected chi connectivity index (χ4v) is 7.41. The largest absolute Gasteiger partial charge is 0.494 e. The molecule has 0 bridgehead atoms. The number of unbranched alkanes of at least 4 members (excludes halogenated alkanes) is 4. The van der Waals surface area contributed by atoms with E-state index in [1.165, 1.54) is 48.4 Å². The zero-order chi connectivity index (χ0) is 37.1. The zero-order valence-corrected chi connectivity index (χ0v) is 31.8. The standard InChI is InChI=1S/C41H48N4O5S2/c1-5-6-7-8-9-22-50-31-18-16-28(17-19-31)30-25-42-37(43-26-30)29-14-12-27(13-15-29)24-32(38(46)45-36(40(48)49)33-11-10-23-51-33)44-39(47)34-20-21-35(52-34)41(2,3)4/h10-21,23,25-26,32,36,38,45-46H,5-9,22,24H2,1-4H3,(H,44,47)(H,48,49)/t32-,36?,38?/m0/s1. The predicted molar refractivity (Wildman–Crippen MR) is 209 cm³/mol. The number of ether oxygens (including phenoxy) is 1. The molecule has 0 aliphatic heterocycles. The molecule has 0 spiro atoms. The minimum Gasteiger partial charge on any atom is -0.494 e. The van der Waals surface area contributed by atoms with Gasteiger partial charge in [-0.05, 0) is 65.1 Å². The van der Waals surface area contributed by atoms with Gasteiger partial charge in [-0.15, -0.1) is 22.7 Å². The lowest BCUT2D eigenvalue weighted by Crippen LogP contribution is -2.52. The van der Waals surface area contributed by atoms with Crippen molar-refractivity contribution in [1.29, 1.82) is 0 Å². The Balaban J connectivity index is 1.25. The molecule has 0 saturated carbocycles. The molecule has 2 unspecified atom stereocenters. The summed E-state index contributed by atoms with van der Waals surface area (Å²) in [6.45, 7) is 9.19. The van der Waals surface area contributed by atoms with Gasteiger partial charge in [-0.2, -0.15) is 0 Å².